The quantitative estimate of drug-likeness (QED) is 0.0131. The molecule has 1 spiro atoms. The van der Waals surface area contributed by atoms with Crippen LogP contribution >= 0.6 is 0 Å². The maximum atomic E-state index is 13.1. The van der Waals surface area contributed by atoms with Crippen LogP contribution in [0.3, 0.4) is 0 Å². The highest BCUT2D eigenvalue weighted by molar-refractivity contribution is 6.02. The number of benzene rings is 5. The van der Waals surface area contributed by atoms with E-state index in [1.807, 2.05) is 64.0 Å². The Morgan fingerprint density at radius 3 is 1.72 bits per heavy atom. The SMILES string of the molecule is C.CC=O.CCCC[C@H](NC(=O)[C@@H](CCCCNC(=O)c1ccc(N=Nc2ccc(N(C)C)cc2)cc1)NCC)C(N)=O.C[C@@H](N)CCCCNC(=O)c1ccc2c(c1)C(=O)OC21c2ccc(O)cc2Oc2cc(O)ccc21. The van der Waals surface area contributed by atoms with Gasteiger partial charge < -0.3 is 62.1 Å². The lowest BCUT2D eigenvalue weighted by Gasteiger charge is -2.36. The van der Waals surface area contributed by atoms with E-state index in [2.05, 4.69) is 31.5 Å². The Morgan fingerprint density at radius 1 is 0.705 bits per heavy atom. The van der Waals surface area contributed by atoms with Crippen LogP contribution in [0.1, 0.15) is 141 Å². The van der Waals surface area contributed by atoms with Gasteiger partial charge in [-0.3, -0.25) is 19.2 Å². The molecular formula is C59H77N9O10. The summed E-state index contributed by atoms with van der Waals surface area (Å²) in [4.78, 5) is 73.6. The molecule has 0 aromatic heterocycles. The number of unbranched alkanes of at least 4 members (excludes halogenated alkanes) is 3. The summed E-state index contributed by atoms with van der Waals surface area (Å²) in [5.74, 6) is -1.17. The maximum Gasteiger partial charge on any atom is 0.340 e. The summed E-state index contributed by atoms with van der Waals surface area (Å²) in [6, 6.07) is 27.8. The number of primary amides is 1. The Kier molecular flexibility index (Phi) is 24.4. The number of carbonyl (C=O) groups excluding carboxylic acids is 6. The minimum Gasteiger partial charge on any atom is -0.508 e. The number of aromatic hydroxyl groups is 2. The molecule has 5 aromatic carbocycles. The average molecular weight is 1070 g/mol. The van der Waals surface area contributed by atoms with Crippen LogP contribution in [0.5, 0.6) is 23.0 Å². The highest BCUT2D eigenvalue weighted by Gasteiger charge is 2.54. The molecule has 2 heterocycles. The summed E-state index contributed by atoms with van der Waals surface area (Å²) >= 11 is 0. The lowest BCUT2D eigenvalue weighted by molar-refractivity contribution is -0.128. The number of phenols is 2. The number of hydrogen-bond donors (Lipinski definition) is 8. The summed E-state index contributed by atoms with van der Waals surface area (Å²) < 4.78 is 12.0. The number of phenolic OH excluding ortho intramolecular Hbond substituents is 2. The van der Waals surface area contributed by atoms with E-state index < -0.39 is 29.6 Å². The number of aldehydes is 1. The zero-order valence-corrected chi connectivity index (χ0v) is 44.8. The average Bonchev–Trinajstić information content (AvgIpc) is 3.85. The molecule has 78 heavy (non-hydrogen) atoms. The molecule has 0 unspecified atom stereocenters. The van der Waals surface area contributed by atoms with Gasteiger partial charge >= 0.3 is 5.97 Å². The molecule has 0 saturated carbocycles. The second-order valence-corrected chi connectivity index (χ2v) is 18.9. The molecule has 5 aromatic rings. The van der Waals surface area contributed by atoms with Gasteiger partial charge in [-0.15, -0.1) is 0 Å². The zero-order valence-electron chi connectivity index (χ0n) is 44.8. The van der Waals surface area contributed by atoms with Gasteiger partial charge in [-0.1, -0.05) is 46.6 Å². The lowest BCUT2D eigenvalue weighted by Crippen LogP contribution is -2.51. The molecule has 0 radical (unpaired) electrons. The number of anilines is 1. The van der Waals surface area contributed by atoms with E-state index in [1.165, 1.54) is 31.2 Å². The van der Waals surface area contributed by atoms with E-state index in [1.54, 1.807) is 54.6 Å². The third-order valence-electron chi connectivity index (χ3n) is 12.7. The van der Waals surface area contributed by atoms with E-state index in [-0.39, 0.29) is 48.3 Å². The Morgan fingerprint density at radius 2 is 1.21 bits per heavy atom. The number of carbonyl (C=O) groups is 6. The molecule has 10 N–H and O–H groups in total. The van der Waals surface area contributed by atoms with Crippen molar-refractivity contribution in [3.05, 3.63) is 137 Å². The van der Waals surface area contributed by atoms with Crippen molar-refractivity contribution in [2.24, 2.45) is 21.7 Å². The fourth-order valence-electron chi connectivity index (χ4n) is 8.67. The molecule has 0 fully saturated rings. The highest BCUT2D eigenvalue weighted by Crippen LogP contribution is 2.57. The van der Waals surface area contributed by atoms with Gasteiger partial charge in [0.15, 0.2) is 5.60 Å². The van der Waals surface area contributed by atoms with Crippen molar-refractivity contribution in [3.63, 3.8) is 0 Å². The second-order valence-electron chi connectivity index (χ2n) is 18.9. The molecule has 3 atom stereocenters. The lowest BCUT2D eigenvalue weighted by atomic mass is 9.77. The van der Waals surface area contributed by atoms with Crippen LogP contribution in [0.4, 0.5) is 17.1 Å². The highest BCUT2D eigenvalue weighted by atomic mass is 16.6. The molecule has 4 amide bonds. The first-order valence-corrected chi connectivity index (χ1v) is 26.0. The first-order valence-electron chi connectivity index (χ1n) is 26.0. The number of nitrogens with two attached hydrogens (primary N) is 2. The van der Waals surface area contributed by atoms with Crippen LogP contribution in [0.15, 0.2) is 113 Å². The summed E-state index contributed by atoms with van der Waals surface area (Å²) in [6.07, 6.45) is 7.70. The van der Waals surface area contributed by atoms with Crippen molar-refractivity contribution in [2.45, 2.75) is 117 Å². The monoisotopic (exact) mass is 1070 g/mol. The van der Waals surface area contributed by atoms with Crippen molar-refractivity contribution in [3.8, 4) is 23.0 Å². The Labute approximate surface area is 457 Å². The van der Waals surface area contributed by atoms with Crippen LogP contribution in [0.25, 0.3) is 0 Å². The number of azo groups is 1. The topological polar surface area (TPSA) is 289 Å². The Balaban J connectivity index is 0.000000317. The van der Waals surface area contributed by atoms with E-state index in [0.717, 1.165) is 62.6 Å². The van der Waals surface area contributed by atoms with Crippen LogP contribution in [0.2, 0.25) is 0 Å². The molecule has 0 aliphatic carbocycles. The van der Waals surface area contributed by atoms with Crippen molar-refractivity contribution in [2.75, 3.05) is 38.6 Å². The second kappa shape index (κ2) is 30.5. The van der Waals surface area contributed by atoms with Gasteiger partial charge in [0.25, 0.3) is 11.8 Å². The molecule has 2 aliphatic rings. The zero-order chi connectivity index (χ0) is 56.1. The number of nitrogens with one attached hydrogen (secondary N) is 4. The summed E-state index contributed by atoms with van der Waals surface area (Å²) in [5, 5.41) is 40.3. The maximum absolute atomic E-state index is 13.1. The van der Waals surface area contributed by atoms with E-state index in [9.17, 15) is 34.2 Å². The molecule has 19 nitrogen and oxygen atoms in total. The van der Waals surface area contributed by atoms with Gasteiger partial charge in [0.05, 0.1) is 23.0 Å². The van der Waals surface area contributed by atoms with Gasteiger partial charge in [-0.25, -0.2) is 4.79 Å². The van der Waals surface area contributed by atoms with Crippen LogP contribution in [-0.2, 0) is 24.7 Å². The predicted molar refractivity (Wildman–Crippen MR) is 302 cm³/mol. The minimum absolute atomic E-state index is 0. The van der Waals surface area contributed by atoms with Crippen LogP contribution < -0.4 is 42.4 Å². The largest absolute Gasteiger partial charge is 0.508 e. The van der Waals surface area contributed by atoms with E-state index in [0.29, 0.717) is 77.5 Å². The van der Waals surface area contributed by atoms with Gasteiger partial charge in [-0.05, 0) is 144 Å². The van der Waals surface area contributed by atoms with Crippen LogP contribution in [-0.4, -0.2) is 98.0 Å². The van der Waals surface area contributed by atoms with Gasteiger partial charge in [0.1, 0.15) is 35.3 Å². The van der Waals surface area contributed by atoms with E-state index >= 15 is 0 Å². The number of hydrogen-bond acceptors (Lipinski definition) is 15. The number of amides is 4. The molecule has 0 saturated heterocycles. The summed E-state index contributed by atoms with van der Waals surface area (Å²) in [7, 11) is 3.96. The van der Waals surface area contributed by atoms with Crippen molar-refractivity contribution < 1.29 is 48.5 Å². The molecule has 19 heteroatoms. The van der Waals surface area contributed by atoms with Gasteiger partial charge in [0.2, 0.25) is 11.8 Å². The minimum atomic E-state index is -1.34. The molecule has 418 valence electrons. The number of nitrogens with zero attached hydrogens (tertiary/aromatic N) is 3. The number of ether oxygens (including phenoxy) is 2. The third kappa shape index (κ3) is 16.9. The fraction of sp³-hybridized carbons (Fsp3) is 0.390. The number of esters is 1. The van der Waals surface area contributed by atoms with Crippen molar-refractivity contribution in [1.29, 1.82) is 0 Å². The number of fused-ring (bicyclic) bond motifs is 6. The van der Waals surface area contributed by atoms with Crippen molar-refractivity contribution >= 4 is 52.9 Å². The predicted octanol–water partition coefficient (Wildman–Crippen LogP) is 8.96. The first-order chi connectivity index (χ1) is 36.9. The van der Waals surface area contributed by atoms with Gasteiger partial charge in [0, 0.05) is 78.9 Å². The fourth-order valence-corrected chi connectivity index (χ4v) is 8.67. The summed E-state index contributed by atoms with van der Waals surface area (Å²) in [6.45, 7) is 8.98. The van der Waals surface area contributed by atoms with Crippen LogP contribution in [0, 0.1) is 0 Å². The normalized spacial score (nSPS) is 13.4. The standard InChI is InChI=1S/C29H43N7O3.C27H26N2O6.C2H4O.CH4/c1-5-7-10-25(27(30)37)33-29(39)26(31-6-2)11-8-9-20-32-28(38)21-12-14-22(15-13-21)34-35-23-16-18-24(19-17-23)36(3)4;1-15(28)4-2-3-11-29-25(32)16-5-8-20-19(12-16)26(33)35-27(20)21-9-6-17(30)13-23(21)34-24-14-18(31)7-10-22(24)27;1-2-3;/h12-19,25-26,31H,5-11,20H2,1-4H3,(H2,30,37)(H,32,38)(H,33,39);5-10,12-15,30-31H,2-4,11,28H2,1H3,(H,29,32);2H,1H3;1H4/t25-,26+;15-;;/m01../s1. The first kappa shape index (κ1) is 62.4. The molecule has 7 rings (SSSR count). The third-order valence-corrected chi connectivity index (χ3v) is 12.7. The summed E-state index contributed by atoms with van der Waals surface area (Å²) in [5.41, 5.74) is 15.2. The molecule has 2 aliphatic heterocycles. The number of rotatable bonds is 23. The smallest absolute Gasteiger partial charge is 0.340 e. The molecule has 0 bridgehead atoms. The Hall–Kier alpha value is -8.16. The number of likely N-dealkylation sites (N-methyl/N-ethyl adjacent to an activating group) is 1. The van der Waals surface area contributed by atoms with Crippen molar-refractivity contribution in [1.82, 2.24) is 21.3 Å². The van der Waals surface area contributed by atoms with Gasteiger partial charge in [-0.2, -0.15) is 10.2 Å². The molecular weight excluding hydrogens is 995 g/mol. The Bertz CT molecular complexity index is 2790. The van der Waals surface area contributed by atoms with E-state index in [4.69, 9.17) is 25.7 Å².